The van der Waals surface area contributed by atoms with Crippen molar-refractivity contribution in [3.05, 3.63) is 76.4 Å². The number of benzene rings is 2. The second kappa shape index (κ2) is 6.71. The Morgan fingerprint density at radius 1 is 1.23 bits per heavy atom. The molecule has 1 N–H and O–H groups in total. The number of hydrogen-bond donors (Lipinski definition) is 1. The SMILES string of the molecule is CC1(c2cccc(Cc3cccc4cc(Cl)cnc34)c2)COCC(=O)N1. The van der Waals surface area contributed by atoms with Gasteiger partial charge < -0.3 is 10.1 Å². The van der Waals surface area contributed by atoms with E-state index in [9.17, 15) is 4.79 Å². The van der Waals surface area contributed by atoms with Crippen molar-refractivity contribution in [2.45, 2.75) is 18.9 Å². The lowest BCUT2D eigenvalue weighted by molar-refractivity contribution is -0.135. The van der Waals surface area contributed by atoms with E-state index in [1.807, 2.05) is 37.3 Å². The summed E-state index contributed by atoms with van der Waals surface area (Å²) in [5.41, 5.74) is 3.80. The van der Waals surface area contributed by atoms with Crippen molar-refractivity contribution in [1.29, 1.82) is 0 Å². The Kier molecular flexibility index (Phi) is 4.39. The van der Waals surface area contributed by atoms with Gasteiger partial charge in [0.25, 0.3) is 0 Å². The quantitative estimate of drug-likeness (QED) is 0.766. The molecule has 0 spiro atoms. The number of rotatable bonds is 3. The highest BCUT2D eigenvalue weighted by molar-refractivity contribution is 6.31. The molecule has 1 saturated heterocycles. The van der Waals surface area contributed by atoms with Crippen LogP contribution in [0.4, 0.5) is 0 Å². The number of aromatic nitrogens is 1. The molecule has 1 unspecified atom stereocenters. The molecule has 2 aromatic carbocycles. The van der Waals surface area contributed by atoms with Crippen molar-refractivity contribution < 1.29 is 9.53 Å². The van der Waals surface area contributed by atoms with E-state index < -0.39 is 5.54 Å². The molecule has 0 aliphatic carbocycles. The number of fused-ring (bicyclic) bond motifs is 1. The van der Waals surface area contributed by atoms with Crippen LogP contribution in [0.1, 0.15) is 23.6 Å². The van der Waals surface area contributed by atoms with Crippen LogP contribution in [0.15, 0.2) is 54.7 Å². The molecular weight excluding hydrogens is 348 g/mol. The molecule has 1 aliphatic rings. The molecule has 3 aromatic rings. The number of ether oxygens (including phenoxy) is 1. The smallest absolute Gasteiger partial charge is 0.246 e. The zero-order valence-electron chi connectivity index (χ0n) is 14.5. The summed E-state index contributed by atoms with van der Waals surface area (Å²) in [6.45, 7) is 2.58. The first kappa shape index (κ1) is 17.0. The number of morpholine rings is 1. The van der Waals surface area contributed by atoms with Crippen LogP contribution in [-0.4, -0.2) is 24.1 Å². The van der Waals surface area contributed by atoms with Gasteiger partial charge in [0.2, 0.25) is 5.91 Å². The van der Waals surface area contributed by atoms with Crippen LogP contribution >= 0.6 is 11.6 Å². The second-order valence-electron chi connectivity index (χ2n) is 6.89. The van der Waals surface area contributed by atoms with Gasteiger partial charge in [-0.1, -0.05) is 54.1 Å². The van der Waals surface area contributed by atoms with Crippen molar-refractivity contribution in [2.24, 2.45) is 0 Å². The second-order valence-corrected chi connectivity index (χ2v) is 7.33. The first-order valence-corrected chi connectivity index (χ1v) is 8.93. The number of pyridine rings is 1. The van der Waals surface area contributed by atoms with Crippen LogP contribution in [-0.2, 0) is 21.5 Å². The lowest BCUT2D eigenvalue weighted by Gasteiger charge is -2.35. The normalized spacial score (nSPS) is 20.2. The maximum atomic E-state index is 11.7. The van der Waals surface area contributed by atoms with Gasteiger partial charge in [-0.05, 0) is 36.1 Å². The molecule has 26 heavy (non-hydrogen) atoms. The predicted molar refractivity (Wildman–Crippen MR) is 102 cm³/mol. The topological polar surface area (TPSA) is 51.2 Å². The van der Waals surface area contributed by atoms with E-state index in [2.05, 4.69) is 28.5 Å². The number of carbonyl (C=O) groups is 1. The highest BCUT2D eigenvalue weighted by atomic mass is 35.5. The molecule has 4 rings (SSSR count). The summed E-state index contributed by atoms with van der Waals surface area (Å²) in [6.07, 6.45) is 2.43. The van der Waals surface area contributed by atoms with Crippen molar-refractivity contribution in [3.63, 3.8) is 0 Å². The average Bonchev–Trinajstić information content (AvgIpc) is 2.62. The third-order valence-corrected chi connectivity index (χ3v) is 4.97. The van der Waals surface area contributed by atoms with Gasteiger partial charge in [-0.15, -0.1) is 0 Å². The van der Waals surface area contributed by atoms with Gasteiger partial charge in [0.1, 0.15) is 6.61 Å². The van der Waals surface area contributed by atoms with Gasteiger partial charge in [0, 0.05) is 11.6 Å². The van der Waals surface area contributed by atoms with Gasteiger partial charge >= 0.3 is 0 Å². The average molecular weight is 367 g/mol. The minimum absolute atomic E-state index is 0.0840. The monoisotopic (exact) mass is 366 g/mol. The number of nitrogens with one attached hydrogen (secondary N) is 1. The van der Waals surface area contributed by atoms with E-state index in [1.54, 1.807) is 6.20 Å². The molecule has 1 aliphatic heterocycles. The Hall–Kier alpha value is -2.43. The minimum atomic E-state index is -0.504. The number of nitrogens with zero attached hydrogens (tertiary/aromatic N) is 1. The third-order valence-electron chi connectivity index (χ3n) is 4.76. The van der Waals surface area contributed by atoms with Crippen molar-refractivity contribution in [2.75, 3.05) is 13.2 Å². The molecule has 2 heterocycles. The van der Waals surface area contributed by atoms with Crippen molar-refractivity contribution >= 4 is 28.4 Å². The fourth-order valence-electron chi connectivity index (χ4n) is 3.47. The fraction of sp³-hybridized carbons (Fsp3) is 0.238. The van der Waals surface area contributed by atoms with E-state index in [1.165, 1.54) is 0 Å². The number of para-hydroxylation sites is 1. The predicted octanol–water partition coefficient (Wildman–Crippen LogP) is 3.84. The lowest BCUT2D eigenvalue weighted by atomic mass is 9.89. The standard InChI is InChI=1S/C21H19ClN2O2/c1-21(13-26-12-19(25)24-21)17-7-2-4-14(9-17)8-15-5-3-6-16-10-18(22)11-23-20(15)16/h2-7,9-11H,8,12-13H2,1H3,(H,24,25). The highest BCUT2D eigenvalue weighted by Crippen LogP contribution is 2.27. The molecule has 1 aromatic heterocycles. The summed E-state index contributed by atoms with van der Waals surface area (Å²) >= 11 is 6.06. The number of halogens is 1. The molecule has 1 amide bonds. The maximum Gasteiger partial charge on any atom is 0.246 e. The summed E-state index contributed by atoms with van der Waals surface area (Å²) in [7, 11) is 0. The third kappa shape index (κ3) is 3.30. The molecule has 0 radical (unpaired) electrons. The molecule has 0 saturated carbocycles. The van der Waals surface area contributed by atoms with Gasteiger partial charge in [-0.2, -0.15) is 0 Å². The summed E-state index contributed by atoms with van der Waals surface area (Å²) < 4.78 is 5.44. The van der Waals surface area contributed by atoms with Crippen LogP contribution < -0.4 is 5.32 Å². The largest absolute Gasteiger partial charge is 0.369 e. The van der Waals surface area contributed by atoms with E-state index in [-0.39, 0.29) is 12.5 Å². The Labute approximate surface area is 157 Å². The first-order valence-electron chi connectivity index (χ1n) is 8.55. The van der Waals surface area contributed by atoms with Crippen molar-refractivity contribution in [1.82, 2.24) is 10.3 Å². The molecule has 1 fully saturated rings. The molecular formula is C21H19ClN2O2. The van der Waals surface area contributed by atoms with Crippen LogP contribution in [0.3, 0.4) is 0 Å². The number of amides is 1. The molecule has 4 nitrogen and oxygen atoms in total. The van der Waals surface area contributed by atoms with Crippen LogP contribution in [0, 0.1) is 0 Å². The molecule has 5 heteroatoms. The van der Waals surface area contributed by atoms with E-state index in [0.29, 0.717) is 11.6 Å². The van der Waals surface area contributed by atoms with E-state index >= 15 is 0 Å². The number of carbonyl (C=O) groups excluding carboxylic acids is 1. The molecule has 132 valence electrons. The Morgan fingerprint density at radius 2 is 2.08 bits per heavy atom. The summed E-state index contributed by atoms with van der Waals surface area (Å²) in [4.78, 5) is 16.3. The molecule has 1 atom stereocenters. The zero-order chi connectivity index (χ0) is 18.1. The van der Waals surface area contributed by atoms with E-state index in [0.717, 1.165) is 34.0 Å². The Balaban J connectivity index is 1.67. The van der Waals surface area contributed by atoms with Gasteiger partial charge in [-0.3, -0.25) is 9.78 Å². The van der Waals surface area contributed by atoms with Gasteiger partial charge in [-0.25, -0.2) is 0 Å². The van der Waals surface area contributed by atoms with Gasteiger partial charge in [0.05, 0.1) is 22.7 Å². The minimum Gasteiger partial charge on any atom is -0.369 e. The Bertz CT molecular complexity index is 989. The van der Waals surface area contributed by atoms with Crippen LogP contribution in [0.2, 0.25) is 5.02 Å². The van der Waals surface area contributed by atoms with Crippen LogP contribution in [0.25, 0.3) is 10.9 Å². The summed E-state index contributed by atoms with van der Waals surface area (Å²) in [5.74, 6) is -0.0840. The maximum absolute atomic E-state index is 11.7. The van der Waals surface area contributed by atoms with Crippen molar-refractivity contribution in [3.8, 4) is 0 Å². The first-order chi connectivity index (χ1) is 12.5. The zero-order valence-corrected chi connectivity index (χ0v) is 15.2. The fourth-order valence-corrected chi connectivity index (χ4v) is 3.63. The summed E-state index contributed by atoms with van der Waals surface area (Å²) in [5, 5.41) is 4.72. The van der Waals surface area contributed by atoms with Crippen LogP contribution in [0.5, 0.6) is 0 Å². The summed E-state index contributed by atoms with van der Waals surface area (Å²) in [6, 6.07) is 16.3. The van der Waals surface area contributed by atoms with E-state index in [4.69, 9.17) is 16.3 Å². The van der Waals surface area contributed by atoms with Gasteiger partial charge in [0.15, 0.2) is 0 Å². The highest BCUT2D eigenvalue weighted by Gasteiger charge is 2.32. The lowest BCUT2D eigenvalue weighted by Crippen LogP contribution is -2.52. The Morgan fingerprint density at radius 3 is 2.92 bits per heavy atom. The molecule has 0 bridgehead atoms. The number of hydrogen-bond acceptors (Lipinski definition) is 3.